The van der Waals surface area contributed by atoms with Crippen LogP contribution in [-0.2, 0) is 6.61 Å². The molecule has 0 saturated heterocycles. The third-order valence-electron chi connectivity index (χ3n) is 4.80. The van der Waals surface area contributed by atoms with Gasteiger partial charge in [0.15, 0.2) is 23.0 Å². The van der Waals surface area contributed by atoms with Crippen LogP contribution < -0.4 is 20.1 Å². The number of carbonyl (C=O) groups excluding carboxylic acids is 2. The summed E-state index contributed by atoms with van der Waals surface area (Å²) < 4.78 is 21.7. The zero-order valence-electron chi connectivity index (χ0n) is 17.8. The summed E-state index contributed by atoms with van der Waals surface area (Å²) in [5.74, 6) is 0.216. The van der Waals surface area contributed by atoms with Gasteiger partial charge in [0, 0.05) is 0 Å². The highest BCUT2D eigenvalue weighted by Gasteiger charge is 2.22. The molecule has 4 aromatic rings. The second-order valence-corrected chi connectivity index (χ2v) is 7.02. The SMILES string of the molecule is COc1ccc(C(NC(=O)c2ccco2)NC(=O)c2ccco2)cc1OCc1ccccc1. The van der Waals surface area contributed by atoms with E-state index in [1.807, 2.05) is 30.3 Å². The van der Waals surface area contributed by atoms with Crippen molar-refractivity contribution in [2.75, 3.05) is 7.11 Å². The Morgan fingerprint density at radius 3 is 2.00 bits per heavy atom. The van der Waals surface area contributed by atoms with Gasteiger partial charge in [0.1, 0.15) is 12.8 Å². The van der Waals surface area contributed by atoms with Crippen molar-refractivity contribution < 1.29 is 27.9 Å². The molecular formula is C25H22N2O6. The van der Waals surface area contributed by atoms with Crippen molar-refractivity contribution in [3.63, 3.8) is 0 Å². The number of hydrogen-bond acceptors (Lipinski definition) is 6. The van der Waals surface area contributed by atoms with Gasteiger partial charge in [-0.15, -0.1) is 0 Å². The van der Waals surface area contributed by atoms with Crippen LogP contribution in [0.3, 0.4) is 0 Å². The maximum atomic E-state index is 12.6. The van der Waals surface area contributed by atoms with Gasteiger partial charge in [-0.1, -0.05) is 36.4 Å². The van der Waals surface area contributed by atoms with E-state index in [9.17, 15) is 9.59 Å². The molecule has 2 aromatic carbocycles. The summed E-state index contributed by atoms with van der Waals surface area (Å²) in [7, 11) is 1.54. The van der Waals surface area contributed by atoms with Crippen molar-refractivity contribution in [3.05, 3.63) is 108 Å². The average molecular weight is 446 g/mol. The summed E-state index contributed by atoms with van der Waals surface area (Å²) in [6.07, 6.45) is 1.90. The second kappa shape index (κ2) is 10.2. The Labute approximate surface area is 190 Å². The van der Waals surface area contributed by atoms with Crippen LogP contribution in [0.15, 0.2) is 94.2 Å². The number of furan rings is 2. The van der Waals surface area contributed by atoms with Gasteiger partial charge in [-0.2, -0.15) is 0 Å². The van der Waals surface area contributed by atoms with Crippen molar-refractivity contribution in [2.45, 2.75) is 12.8 Å². The number of amides is 2. The average Bonchev–Trinajstić information content (AvgIpc) is 3.57. The summed E-state index contributed by atoms with van der Waals surface area (Å²) in [5.41, 5.74) is 1.55. The number of carbonyl (C=O) groups is 2. The predicted molar refractivity (Wildman–Crippen MR) is 119 cm³/mol. The van der Waals surface area contributed by atoms with E-state index >= 15 is 0 Å². The molecule has 0 aliphatic carbocycles. The maximum absolute atomic E-state index is 12.6. The van der Waals surface area contributed by atoms with Gasteiger partial charge in [-0.25, -0.2) is 0 Å². The predicted octanol–water partition coefficient (Wildman–Crippen LogP) is 4.32. The van der Waals surface area contributed by atoms with E-state index in [0.717, 1.165) is 5.56 Å². The van der Waals surface area contributed by atoms with E-state index in [1.54, 1.807) is 37.4 Å². The molecule has 2 amide bonds. The topological polar surface area (TPSA) is 103 Å². The zero-order valence-corrected chi connectivity index (χ0v) is 17.8. The highest BCUT2D eigenvalue weighted by Crippen LogP contribution is 2.31. The Bertz CT molecular complexity index is 1140. The first kappa shape index (κ1) is 21.8. The molecule has 8 heteroatoms. The van der Waals surface area contributed by atoms with E-state index < -0.39 is 18.0 Å². The highest BCUT2D eigenvalue weighted by atomic mass is 16.5. The van der Waals surface area contributed by atoms with Crippen molar-refractivity contribution in [1.29, 1.82) is 0 Å². The fourth-order valence-corrected chi connectivity index (χ4v) is 3.14. The Morgan fingerprint density at radius 2 is 1.45 bits per heavy atom. The quantitative estimate of drug-likeness (QED) is 0.371. The minimum absolute atomic E-state index is 0.112. The molecule has 0 bridgehead atoms. The van der Waals surface area contributed by atoms with E-state index in [1.165, 1.54) is 24.7 Å². The summed E-state index contributed by atoms with van der Waals surface area (Å²) in [6, 6.07) is 21.1. The second-order valence-electron chi connectivity index (χ2n) is 7.02. The lowest BCUT2D eigenvalue weighted by Gasteiger charge is -2.21. The molecular weight excluding hydrogens is 424 g/mol. The van der Waals surface area contributed by atoms with Crippen LogP contribution in [0.5, 0.6) is 11.5 Å². The fraction of sp³-hybridized carbons (Fsp3) is 0.120. The Balaban J connectivity index is 1.60. The molecule has 4 rings (SSSR count). The first-order valence-corrected chi connectivity index (χ1v) is 10.2. The van der Waals surface area contributed by atoms with Crippen LogP contribution >= 0.6 is 0 Å². The molecule has 2 N–H and O–H groups in total. The molecule has 2 heterocycles. The van der Waals surface area contributed by atoms with E-state index in [-0.39, 0.29) is 11.5 Å². The van der Waals surface area contributed by atoms with Crippen molar-refractivity contribution in [1.82, 2.24) is 10.6 Å². The number of nitrogens with one attached hydrogen (secondary N) is 2. The number of ether oxygens (including phenoxy) is 2. The molecule has 168 valence electrons. The third-order valence-corrected chi connectivity index (χ3v) is 4.80. The summed E-state index contributed by atoms with van der Waals surface area (Å²) in [4.78, 5) is 25.3. The van der Waals surface area contributed by atoms with Crippen LogP contribution in [0, 0.1) is 0 Å². The summed E-state index contributed by atoms with van der Waals surface area (Å²) in [6.45, 7) is 0.322. The Morgan fingerprint density at radius 1 is 0.818 bits per heavy atom. The lowest BCUT2D eigenvalue weighted by Crippen LogP contribution is -2.41. The smallest absolute Gasteiger partial charge is 0.288 e. The molecule has 0 unspecified atom stereocenters. The number of rotatable bonds is 9. The third kappa shape index (κ3) is 5.43. The standard InChI is InChI=1S/C25H22N2O6/c1-30-19-12-11-18(15-22(19)33-16-17-7-3-2-4-8-17)23(26-24(28)20-9-5-13-31-20)27-25(29)21-10-6-14-32-21/h2-15,23H,16H2,1H3,(H,26,28)(H,27,29). The Kier molecular flexibility index (Phi) is 6.75. The molecule has 33 heavy (non-hydrogen) atoms. The van der Waals surface area contributed by atoms with Crippen molar-refractivity contribution in [3.8, 4) is 11.5 Å². The van der Waals surface area contributed by atoms with Gasteiger partial charge < -0.3 is 28.9 Å². The van der Waals surface area contributed by atoms with Crippen LogP contribution in [0.1, 0.15) is 38.4 Å². The monoisotopic (exact) mass is 446 g/mol. The van der Waals surface area contributed by atoms with Crippen molar-refractivity contribution >= 4 is 11.8 Å². The highest BCUT2D eigenvalue weighted by molar-refractivity contribution is 5.94. The molecule has 0 aliphatic rings. The van der Waals surface area contributed by atoms with Crippen LogP contribution in [0.2, 0.25) is 0 Å². The van der Waals surface area contributed by atoms with Gasteiger partial charge >= 0.3 is 0 Å². The van der Waals surface area contributed by atoms with Gasteiger partial charge in [0.25, 0.3) is 11.8 Å². The van der Waals surface area contributed by atoms with Crippen LogP contribution in [0.4, 0.5) is 0 Å². The normalized spacial score (nSPS) is 10.6. The first-order chi connectivity index (χ1) is 16.1. The van der Waals surface area contributed by atoms with Crippen molar-refractivity contribution in [2.24, 2.45) is 0 Å². The van der Waals surface area contributed by atoms with E-state index in [4.69, 9.17) is 18.3 Å². The first-order valence-electron chi connectivity index (χ1n) is 10.2. The molecule has 0 atom stereocenters. The molecule has 0 fully saturated rings. The minimum atomic E-state index is -0.898. The Hall–Kier alpha value is -4.46. The lowest BCUT2D eigenvalue weighted by atomic mass is 10.1. The molecule has 0 aliphatic heterocycles. The molecule has 0 spiro atoms. The molecule has 0 saturated carbocycles. The van der Waals surface area contributed by atoms with Gasteiger partial charge in [-0.05, 0) is 47.5 Å². The summed E-state index contributed by atoms with van der Waals surface area (Å²) in [5, 5.41) is 5.53. The number of hydrogen-bond donors (Lipinski definition) is 2. The van der Waals surface area contributed by atoms with Gasteiger partial charge in [-0.3, -0.25) is 9.59 Å². The minimum Gasteiger partial charge on any atom is -0.493 e. The van der Waals surface area contributed by atoms with E-state index in [0.29, 0.717) is 23.7 Å². The van der Waals surface area contributed by atoms with Gasteiger partial charge in [0.2, 0.25) is 0 Å². The molecule has 0 radical (unpaired) electrons. The van der Waals surface area contributed by atoms with Crippen LogP contribution in [0.25, 0.3) is 0 Å². The maximum Gasteiger partial charge on any atom is 0.288 e. The summed E-state index contributed by atoms with van der Waals surface area (Å²) >= 11 is 0. The van der Waals surface area contributed by atoms with Crippen LogP contribution in [-0.4, -0.2) is 18.9 Å². The molecule has 2 aromatic heterocycles. The van der Waals surface area contributed by atoms with Gasteiger partial charge in [0.05, 0.1) is 19.6 Å². The zero-order chi connectivity index (χ0) is 23.0. The molecule has 8 nitrogen and oxygen atoms in total. The largest absolute Gasteiger partial charge is 0.493 e. The number of benzene rings is 2. The fourth-order valence-electron chi connectivity index (χ4n) is 3.14. The van der Waals surface area contributed by atoms with E-state index in [2.05, 4.69) is 10.6 Å². The lowest BCUT2D eigenvalue weighted by molar-refractivity contribution is 0.0852. The number of methoxy groups -OCH3 is 1.